The number of ether oxygens (including phenoxy) is 3. The van der Waals surface area contributed by atoms with E-state index in [0.29, 0.717) is 19.6 Å². The largest absolute Gasteiger partial charge is 0.467 e. The molecule has 6 heteroatoms. The Morgan fingerprint density at radius 3 is 2.81 bits per heavy atom. The highest BCUT2D eigenvalue weighted by Gasteiger charge is 2.29. The van der Waals surface area contributed by atoms with Gasteiger partial charge in [-0.2, -0.15) is 0 Å². The summed E-state index contributed by atoms with van der Waals surface area (Å²) in [7, 11) is 1.30. The standard InChI is InChI=1S/C15H19NO5/c1-19-14(17)13-10-16(8-5-9-20-13)15(18)21-11-12-6-3-2-4-7-12/h2-4,6-7,13H,5,8-11H2,1H3/t13-/m1/s1. The number of carbonyl (C=O) groups excluding carboxylic acids is 2. The van der Waals surface area contributed by atoms with Gasteiger partial charge in [0.1, 0.15) is 6.61 Å². The third-order valence-electron chi connectivity index (χ3n) is 3.21. The Hall–Kier alpha value is -2.08. The van der Waals surface area contributed by atoms with E-state index in [1.54, 1.807) is 0 Å². The molecule has 0 saturated carbocycles. The van der Waals surface area contributed by atoms with Gasteiger partial charge in [-0.05, 0) is 12.0 Å². The number of hydrogen-bond acceptors (Lipinski definition) is 5. The highest BCUT2D eigenvalue weighted by Crippen LogP contribution is 2.10. The molecule has 1 aliphatic heterocycles. The summed E-state index contributed by atoms with van der Waals surface area (Å²) in [6.07, 6.45) is -0.534. The van der Waals surface area contributed by atoms with Crippen LogP contribution in [-0.2, 0) is 25.6 Å². The molecule has 1 fully saturated rings. The first-order valence-corrected chi connectivity index (χ1v) is 6.86. The van der Waals surface area contributed by atoms with Gasteiger partial charge in [-0.15, -0.1) is 0 Å². The Morgan fingerprint density at radius 1 is 1.33 bits per heavy atom. The lowest BCUT2D eigenvalue weighted by Gasteiger charge is -2.22. The Balaban J connectivity index is 1.89. The number of methoxy groups -OCH3 is 1. The molecule has 0 bridgehead atoms. The molecule has 2 rings (SSSR count). The molecule has 1 aliphatic rings. The second kappa shape index (κ2) is 7.64. The second-order valence-electron chi connectivity index (χ2n) is 4.72. The van der Waals surface area contributed by atoms with Crippen LogP contribution in [-0.4, -0.2) is 49.9 Å². The van der Waals surface area contributed by atoms with Gasteiger partial charge in [-0.25, -0.2) is 9.59 Å². The summed E-state index contributed by atoms with van der Waals surface area (Å²) in [6, 6.07) is 9.44. The van der Waals surface area contributed by atoms with Crippen molar-refractivity contribution in [2.24, 2.45) is 0 Å². The molecule has 0 spiro atoms. The van der Waals surface area contributed by atoms with Crippen LogP contribution in [0.4, 0.5) is 4.79 Å². The predicted molar refractivity (Wildman–Crippen MR) is 74.6 cm³/mol. The predicted octanol–water partition coefficient (Wildman–Crippen LogP) is 1.59. The van der Waals surface area contributed by atoms with Crippen molar-refractivity contribution >= 4 is 12.1 Å². The SMILES string of the molecule is COC(=O)[C@H]1CN(C(=O)OCc2ccccc2)CCCO1. The Morgan fingerprint density at radius 2 is 2.10 bits per heavy atom. The molecule has 0 aliphatic carbocycles. The third kappa shape index (κ3) is 4.46. The molecule has 0 radical (unpaired) electrons. The fourth-order valence-electron chi connectivity index (χ4n) is 2.08. The molecule has 0 aromatic heterocycles. The number of nitrogens with zero attached hydrogens (tertiary/aromatic N) is 1. The van der Waals surface area contributed by atoms with Crippen LogP contribution in [0.1, 0.15) is 12.0 Å². The quantitative estimate of drug-likeness (QED) is 0.792. The van der Waals surface area contributed by atoms with Gasteiger partial charge in [0.15, 0.2) is 6.10 Å². The van der Waals surface area contributed by atoms with Crippen molar-refractivity contribution in [2.75, 3.05) is 26.8 Å². The van der Waals surface area contributed by atoms with Gasteiger partial charge in [0.05, 0.1) is 13.7 Å². The fourth-order valence-corrected chi connectivity index (χ4v) is 2.08. The average Bonchev–Trinajstić information content (AvgIpc) is 2.79. The highest BCUT2D eigenvalue weighted by molar-refractivity contribution is 5.76. The van der Waals surface area contributed by atoms with E-state index < -0.39 is 18.2 Å². The van der Waals surface area contributed by atoms with Crippen molar-refractivity contribution < 1.29 is 23.8 Å². The summed E-state index contributed by atoms with van der Waals surface area (Å²) in [5, 5.41) is 0. The van der Waals surface area contributed by atoms with E-state index in [4.69, 9.17) is 9.47 Å². The molecule has 1 atom stereocenters. The van der Waals surface area contributed by atoms with E-state index in [9.17, 15) is 9.59 Å². The minimum atomic E-state index is -0.748. The highest BCUT2D eigenvalue weighted by atomic mass is 16.6. The zero-order valence-electron chi connectivity index (χ0n) is 12.0. The van der Waals surface area contributed by atoms with Crippen LogP contribution in [0.5, 0.6) is 0 Å². The van der Waals surface area contributed by atoms with Gasteiger partial charge in [0, 0.05) is 13.2 Å². The van der Waals surface area contributed by atoms with E-state index in [0.717, 1.165) is 5.56 Å². The maximum absolute atomic E-state index is 12.1. The number of esters is 1. The van der Waals surface area contributed by atoms with Gasteiger partial charge >= 0.3 is 12.1 Å². The van der Waals surface area contributed by atoms with Crippen molar-refractivity contribution in [1.29, 1.82) is 0 Å². The van der Waals surface area contributed by atoms with E-state index in [1.807, 2.05) is 30.3 Å². The molecule has 1 aromatic rings. The van der Waals surface area contributed by atoms with Crippen LogP contribution in [0.2, 0.25) is 0 Å². The van der Waals surface area contributed by atoms with Crippen LogP contribution in [0.25, 0.3) is 0 Å². The maximum Gasteiger partial charge on any atom is 0.410 e. The van der Waals surface area contributed by atoms with Crippen molar-refractivity contribution in [3.8, 4) is 0 Å². The summed E-state index contributed by atoms with van der Waals surface area (Å²) in [5.41, 5.74) is 0.918. The van der Waals surface area contributed by atoms with Crippen molar-refractivity contribution in [3.63, 3.8) is 0 Å². The lowest BCUT2D eigenvalue weighted by Crippen LogP contribution is -2.40. The van der Waals surface area contributed by atoms with Crippen LogP contribution in [0.15, 0.2) is 30.3 Å². The van der Waals surface area contributed by atoms with Crippen LogP contribution in [0.3, 0.4) is 0 Å². The average molecular weight is 293 g/mol. The van der Waals surface area contributed by atoms with Gasteiger partial charge < -0.3 is 19.1 Å². The van der Waals surface area contributed by atoms with Gasteiger partial charge in [0.25, 0.3) is 0 Å². The molecule has 1 amide bonds. The van der Waals surface area contributed by atoms with Crippen molar-refractivity contribution in [1.82, 2.24) is 4.90 Å². The molecule has 114 valence electrons. The van der Waals surface area contributed by atoms with E-state index in [-0.39, 0.29) is 13.2 Å². The Labute approximate surface area is 123 Å². The smallest absolute Gasteiger partial charge is 0.410 e. The molecule has 1 saturated heterocycles. The van der Waals surface area contributed by atoms with Crippen molar-refractivity contribution in [2.45, 2.75) is 19.1 Å². The number of rotatable bonds is 3. The number of carbonyl (C=O) groups is 2. The monoisotopic (exact) mass is 293 g/mol. The molecule has 21 heavy (non-hydrogen) atoms. The minimum absolute atomic E-state index is 0.153. The molecular weight excluding hydrogens is 274 g/mol. The van der Waals surface area contributed by atoms with Gasteiger partial charge in [0.2, 0.25) is 0 Å². The summed E-state index contributed by atoms with van der Waals surface area (Å²) >= 11 is 0. The summed E-state index contributed by atoms with van der Waals surface area (Å²) in [4.78, 5) is 25.1. The summed E-state index contributed by atoms with van der Waals surface area (Å²) in [6.45, 7) is 1.28. The first-order valence-electron chi connectivity index (χ1n) is 6.86. The lowest BCUT2D eigenvalue weighted by molar-refractivity contribution is -0.153. The van der Waals surface area contributed by atoms with Gasteiger partial charge in [-0.3, -0.25) is 0 Å². The Bertz CT molecular complexity index is 476. The fraction of sp³-hybridized carbons (Fsp3) is 0.467. The zero-order valence-corrected chi connectivity index (χ0v) is 12.0. The Kier molecular flexibility index (Phi) is 5.57. The van der Waals surface area contributed by atoms with E-state index in [1.165, 1.54) is 12.0 Å². The summed E-state index contributed by atoms with van der Waals surface area (Å²) < 4.78 is 15.3. The number of benzene rings is 1. The number of amides is 1. The first-order chi connectivity index (χ1) is 10.2. The van der Waals surface area contributed by atoms with E-state index in [2.05, 4.69) is 4.74 Å². The zero-order chi connectivity index (χ0) is 15.1. The molecule has 1 aromatic carbocycles. The molecule has 1 heterocycles. The van der Waals surface area contributed by atoms with Crippen LogP contribution in [0, 0.1) is 0 Å². The van der Waals surface area contributed by atoms with Crippen molar-refractivity contribution in [3.05, 3.63) is 35.9 Å². The first kappa shape index (κ1) is 15.3. The number of hydrogen-bond donors (Lipinski definition) is 0. The second-order valence-corrected chi connectivity index (χ2v) is 4.72. The van der Waals surface area contributed by atoms with E-state index >= 15 is 0 Å². The summed E-state index contributed by atoms with van der Waals surface area (Å²) in [5.74, 6) is -0.474. The normalized spacial score (nSPS) is 18.7. The lowest BCUT2D eigenvalue weighted by atomic mass is 10.2. The maximum atomic E-state index is 12.1. The third-order valence-corrected chi connectivity index (χ3v) is 3.21. The topological polar surface area (TPSA) is 65.1 Å². The molecular formula is C15H19NO5. The van der Waals surface area contributed by atoms with Crippen LogP contribution < -0.4 is 0 Å². The molecule has 0 N–H and O–H groups in total. The van der Waals surface area contributed by atoms with Crippen LogP contribution >= 0.6 is 0 Å². The molecule has 6 nitrogen and oxygen atoms in total. The van der Waals surface area contributed by atoms with Gasteiger partial charge in [-0.1, -0.05) is 30.3 Å². The molecule has 0 unspecified atom stereocenters. The minimum Gasteiger partial charge on any atom is -0.467 e.